The van der Waals surface area contributed by atoms with E-state index in [0.29, 0.717) is 17.7 Å². The summed E-state index contributed by atoms with van der Waals surface area (Å²) in [4.78, 5) is 13.6. The number of carbonyl (C=O) groups excluding carboxylic acids is 1. The van der Waals surface area contributed by atoms with Crippen molar-refractivity contribution in [1.29, 1.82) is 0 Å². The summed E-state index contributed by atoms with van der Waals surface area (Å²) < 4.78 is 105. The summed E-state index contributed by atoms with van der Waals surface area (Å²) in [5, 5.41) is 9.45. The van der Waals surface area contributed by atoms with Crippen molar-refractivity contribution < 1.29 is 44.7 Å². The SMILES string of the molecule is CN(C(=O)Cc1cccc(S(=O)(=O)NC2CC2)c1)c1ccc(C(O)(C(F)(F)F)C(F)(F)F)cc1. The van der Waals surface area contributed by atoms with Gasteiger partial charge in [-0.3, -0.25) is 4.79 Å². The number of nitrogens with one attached hydrogen (secondary N) is 1. The minimum Gasteiger partial charge on any atom is -0.369 e. The van der Waals surface area contributed by atoms with Crippen molar-refractivity contribution in [1.82, 2.24) is 4.72 Å². The average Bonchev–Trinajstić information content (AvgIpc) is 3.54. The third-order valence-corrected chi connectivity index (χ3v) is 6.85. The van der Waals surface area contributed by atoms with Gasteiger partial charge < -0.3 is 10.0 Å². The van der Waals surface area contributed by atoms with Crippen molar-refractivity contribution in [3.63, 3.8) is 0 Å². The van der Waals surface area contributed by atoms with Crippen LogP contribution in [-0.2, 0) is 26.8 Å². The lowest BCUT2D eigenvalue weighted by Crippen LogP contribution is -2.53. The first-order chi connectivity index (χ1) is 15.6. The second kappa shape index (κ2) is 8.86. The third kappa shape index (κ3) is 5.20. The Kier molecular flexibility index (Phi) is 6.77. The fraction of sp³-hybridized carbons (Fsp3) is 0.381. The Morgan fingerprint density at radius 1 is 1.03 bits per heavy atom. The molecule has 34 heavy (non-hydrogen) atoms. The molecule has 2 N–H and O–H groups in total. The molecule has 1 amide bonds. The van der Waals surface area contributed by atoms with E-state index in [1.165, 1.54) is 31.3 Å². The molecule has 0 radical (unpaired) electrons. The first kappa shape index (κ1) is 26.0. The summed E-state index contributed by atoms with van der Waals surface area (Å²) in [5.74, 6) is -0.598. The van der Waals surface area contributed by atoms with E-state index in [-0.39, 0.29) is 23.0 Å². The molecule has 2 aromatic rings. The Morgan fingerprint density at radius 3 is 2.09 bits per heavy atom. The van der Waals surface area contributed by atoms with Crippen molar-refractivity contribution in [2.75, 3.05) is 11.9 Å². The Morgan fingerprint density at radius 2 is 1.59 bits per heavy atom. The van der Waals surface area contributed by atoms with E-state index >= 15 is 0 Å². The molecule has 0 aromatic heterocycles. The van der Waals surface area contributed by atoms with Crippen molar-refractivity contribution in [3.8, 4) is 0 Å². The second-order valence-corrected chi connectivity index (χ2v) is 9.64. The summed E-state index contributed by atoms with van der Waals surface area (Å²) in [6.07, 6.45) is -10.8. The normalized spacial score (nSPS) is 15.3. The van der Waals surface area contributed by atoms with Crippen LogP contribution in [0.4, 0.5) is 32.0 Å². The zero-order valence-corrected chi connectivity index (χ0v) is 18.4. The topological polar surface area (TPSA) is 86.7 Å². The van der Waals surface area contributed by atoms with Gasteiger partial charge in [0.1, 0.15) is 0 Å². The van der Waals surface area contributed by atoms with Crippen LogP contribution in [0.15, 0.2) is 53.4 Å². The number of halogens is 6. The molecule has 1 saturated carbocycles. The van der Waals surface area contributed by atoms with Crippen LogP contribution in [0, 0.1) is 0 Å². The fourth-order valence-corrected chi connectivity index (χ4v) is 4.54. The van der Waals surface area contributed by atoms with Gasteiger partial charge in [-0.05, 0) is 42.7 Å². The van der Waals surface area contributed by atoms with Gasteiger partial charge >= 0.3 is 12.4 Å². The monoisotopic (exact) mass is 510 g/mol. The molecule has 2 aromatic carbocycles. The van der Waals surface area contributed by atoms with E-state index in [0.717, 1.165) is 29.9 Å². The summed E-state index contributed by atoms with van der Waals surface area (Å²) >= 11 is 0. The zero-order chi connectivity index (χ0) is 25.5. The number of anilines is 1. The fourth-order valence-electron chi connectivity index (χ4n) is 3.16. The van der Waals surface area contributed by atoms with Crippen molar-refractivity contribution >= 4 is 21.6 Å². The lowest BCUT2D eigenvalue weighted by atomic mass is 9.92. The van der Waals surface area contributed by atoms with E-state index in [2.05, 4.69) is 4.72 Å². The molecule has 1 aliphatic carbocycles. The summed E-state index contributed by atoms with van der Waals surface area (Å²) in [7, 11) is -2.50. The Labute approximate surface area is 191 Å². The van der Waals surface area contributed by atoms with Gasteiger partial charge in [0.05, 0.1) is 11.3 Å². The molecule has 0 atom stereocenters. The van der Waals surface area contributed by atoms with E-state index in [9.17, 15) is 44.7 Å². The minimum atomic E-state index is -6.02. The van der Waals surface area contributed by atoms with Gasteiger partial charge in [-0.25, -0.2) is 13.1 Å². The van der Waals surface area contributed by atoms with Gasteiger partial charge in [0.25, 0.3) is 5.60 Å². The van der Waals surface area contributed by atoms with Crippen molar-refractivity contribution in [3.05, 3.63) is 59.7 Å². The number of hydrogen-bond donors (Lipinski definition) is 2. The van der Waals surface area contributed by atoms with Gasteiger partial charge in [-0.15, -0.1) is 0 Å². The van der Waals surface area contributed by atoms with E-state index in [1.807, 2.05) is 0 Å². The molecular weight excluding hydrogens is 490 g/mol. The number of nitrogens with zero attached hydrogens (tertiary/aromatic N) is 1. The highest BCUT2D eigenvalue weighted by Gasteiger charge is 2.71. The third-order valence-electron chi connectivity index (χ3n) is 5.33. The molecule has 0 unspecified atom stereocenters. The quantitative estimate of drug-likeness (QED) is 0.557. The lowest BCUT2D eigenvalue weighted by molar-refractivity contribution is -0.376. The van der Waals surface area contributed by atoms with Gasteiger partial charge in [-0.1, -0.05) is 24.3 Å². The minimum absolute atomic E-state index is 0.0281. The van der Waals surface area contributed by atoms with Crippen LogP contribution in [0.2, 0.25) is 0 Å². The zero-order valence-electron chi connectivity index (χ0n) is 17.6. The van der Waals surface area contributed by atoms with Crippen LogP contribution >= 0.6 is 0 Å². The van der Waals surface area contributed by atoms with Crippen LogP contribution in [0.5, 0.6) is 0 Å². The van der Waals surface area contributed by atoms with Crippen molar-refractivity contribution in [2.45, 2.75) is 48.2 Å². The van der Waals surface area contributed by atoms with Crippen LogP contribution in [-0.4, -0.2) is 44.9 Å². The number of amides is 1. The Hall–Kier alpha value is -2.64. The molecular formula is C21H20F6N2O4S. The number of hydrogen-bond acceptors (Lipinski definition) is 4. The van der Waals surface area contributed by atoms with Crippen LogP contribution in [0.25, 0.3) is 0 Å². The van der Waals surface area contributed by atoms with Crippen LogP contribution in [0.3, 0.4) is 0 Å². The molecule has 1 fully saturated rings. The molecule has 1 aliphatic rings. The smallest absolute Gasteiger partial charge is 0.369 e. The number of carbonyl (C=O) groups is 1. The van der Waals surface area contributed by atoms with E-state index in [4.69, 9.17) is 0 Å². The number of rotatable bonds is 7. The predicted octanol–water partition coefficient (Wildman–Crippen LogP) is 3.65. The summed E-state index contributed by atoms with van der Waals surface area (Å²) in [6, 6.07) is 8.10. The highest BCUT2D eigenvalue weighted by atomic mass is 32.2. The predicted molar refractivity (Wildman–Crippen MR) is 109 cm³/mol. The molecule has 0 aliphatic heterocycles. The number of sulfonamides is 1. The highest BCUT2D eigenvalue weighted by Crippen LogP contribution is 2.50. The maximum absolute atomic E-state index is 13.0. The molecule has 0 spiro atoms. The number of alkyl halides is 6. The van der Waals surface area contributed by atoms with Crippen molar-refractivity contribution in [2.24, 2.45) is 0 Å². The molecule has 13 heteroatoms. The van der Waals surface area contributed by atoms with Gasteiger partial charge in [-0.2, -0.15) is 26.3 Å². The van der Waals surface area contributed by atoms with Gasteiger partial charge in [0.2, 0.25) is 15.9 Å². The summed E-state index contributed by atoms with van der Waals surface area (Å²) in [6.45, 7) is 0. The maximum atomic E-state index is 13.0. The Bertz CT molecular complexity index is 1150. The van der Waals surface area contributed by atoms with Gasteiger partial charge in [0.15, 0.2) is 0 Å². The lowest BCUT2D eigenvalue weighted by Gasteiger charge is -2.32. The van der Waals surface area contributed by atoms with E-state index < -0.39 is 39.4 Å². The second-order valence-electron chi connectivity index (χ2n) is 7.93. The van der Waals surface area contributed by atoms with Gasteiger partial charge in [0, 0.05) is 24.3 Å². The van der Waals surface area contributed by atoms with Crippen LogP contribution in [0.1, 0.15) is 24.0 Å². The first-order valence-corrected chi connectivity index (χ1v) is 11.4. The number of aliphatic hydroxyl groups is 1. The molecule has 0 heterocycles. The first-order valence-electron chi connectivity index (χ1n) is 9.90. The number of likely N-dealkylation sites (N-methyl/N-ethyl adjacent to an activating group) is 1. The largest absolute Gasteiger partial charge is 0.430 e. The standard InChI is InChI=1S/C21H20F6N2O4S/c1-29(16-9-5-14(6-10-16)19(31,20(22,23)24)21(25,26)27)18(30)12-13-3-2-4-17(11-13)34(32,33)28-15-7-8-15/h2-6,9-11,15,28,31H,7-8,12H2,1H3. The number of benzene rings is 2. The average molecular weight is 510 g/mol. The maximum Gasteiger partial charge on any atom is 0.430 e. The Balaban J connectivity index is 1.77. The molecule has 186 valence electrons. The molecule has 0 bridgehead atoms. The van der Waals surface area contributed by atoms with E-state index in [1.54, 1.807) is 0 Å². The van der Waals surface area contributed by atoms with Crippen LogP contribution < -0.4 is 9.62 Å². The molecule has 0 saturated heterocycles. The molecule has 6 nitrogen and oxygen atoms in total. The summed E-state index contributed by atoms with van der Waals surface area (Å²) in [5.41, 5.74) is -6.20. The molecule has 3 rings (SSSR count). The highest BCUT2D eigenvalue weighted by molar-refractivity contribution is 7.89.